The lowest BCUT2D eigenvalue weighted by molar-refractivity contribution is -0.383. The lowest BCUT2D eigenvalue weighted by Gasteiger charge is -2.33. The predicted octanol–water partition coefficient (Wildman–Crippen LogP) is 3.98. The van der Waals surface area contributed by atoms with Gasteiger partial charge >= 0.3 is 0 Å². The second-order valence-corrected chi connectivity index (χ2v) is 7.77. The van der Waals surface area contributed by atoms with E-state index in [1.54, 1.807) is 6.07 Å². The van der Waals surface area contributed by atoms with E-state index in [9.17, 15) is 10.1 Å². The second-order valence-electron chi connectivity index (χ2n) is 7.77. The number of nitro benzene ring substituents is 1. The Bertz CT molecular complexity index is 1100. The SMILES string of the molecule is CCNc1cc2ncnc(NCc3ccccc3C(C)N3CCOCC3)c2cc1[N+](=O)[O-]. The van der Waals surface area contributed by atoms with Crippen molar-refractivity contribution in [3.8, 4) is 0 Å². The standard InChI is InChI=1S/C23H28N6O3/c1-3-24-21-13-20-19(12-22(21)29(30)31)23(27-15-26-20)25-14-17-6-4-5-7-18(17)16(2)28-8-10-32-11-9-28/h4-7,12-13,15-16,24H,3,8-11,14H2,1-2H3,(H,25,26,27). The maximum Gasteiger partial charge on any atom is 0.293 e. The number of nitro groups is 1. The number of aromatic nitrogens is 2. The number of nitrogens with one attached hydrogen (secondary N) is 2. The first-order valence-corrected chi connectivity index (χ1v) is 10.9. The molecule has 2 N–H and O–H groups in total. The number of rotatable bonds is 8. The minimum absolute atomic E-state index is 0.0125. The summed E-state index contributed by atoms with van der Waals surface area (Å²) in [5, 5.41) is 18.6. The fourth-order valence-electron chi connectivity index (χ4n) is 4.16. The molecule has 9 heteroatoms. The number of fused-ring (bicyclic) bond motifs is 1. The molecule has 1 aromatic heterocycles. The van der Waals surface area contributed by atoms with E-state index in [1.807, 2.05) is 13.0 Å². The summed E-state index contributed by atoms with van der Waals surface area (Å²) in [4.78, 5) is 22.3. The van der Waals surface area contributed by atoms with Gasteiger partial charge in [0.25, 0.3) is 5.69 Å². The number of morpholine rings is 1. The van der Waals surface area contributed by atoms with Crippen molar-refractivity contribution in [2.75, 3.05) is 43.5 Å². The van der Waals surface area contributed by atoms with Crippen LogP contribution in [0.2, 0.25) is 0 Å². The van der Waals surface area contributed by atoms with Crippen LogP contribution in [-0.4, -0.2) is 52.6 Å². The van der Waals surface area contributed by atoms with Crippen molar-refractivity contribution in [2.24, 2.45) is 0 Å². The molecule has 1 aliphatic rings. The van der Waals surface area contributed by atoms with Gasteiger partial charge in [-0.15, -0.1) is 0 Å². The van der Waals surface area contributed by atoms with Crippen LogP contribution in [0.25, 0.3) is 10.9 Å². The molecule has 2 heterocycles. The van der Waals surface area contributed by atoms with Crippen molar-refractivity contribution < 1.29 is 9.66 Å². The number of benzene rings is 2. The van der Waals surface area contributed by atoms with Gasteiger partial charge in [-0.2, -0.15) is 0 Å². The smallest absolute Gasteiger partial charge is 0.293 e. The number of ether oxygens (including phenoxy) is 1. The van der Waals surface area contributed by atoms with Gasteiger partial charge in [-0.3, -0.25) is 15.0 Å². The third-order valence-electron chi connectivity index (χ3n) is 5.86. The van der Waals surface area contributed by atoms with Crippen molar-refractivity contribution in [3.05, 3.63) is 64.0 Å². The summed E-state index contributed by atoms with van der Waals surface area (Å²) in [6.45, 7) is 8.59. The maximum atomic E-state index is 11.6. The van der Waals surface area contributed by atoms with Crippen molar-refractivity contribution in [1.82, 2.24) is 14.9 Å². The zero-order valence-corrected chi connectivity index (χ0v) is 18.4. The molecule has 168 valence electrons. The summed E-state index contributed by atoms with van der Waals surface area (Å²) in [6.07, 6.45) is 1.48. The van der Waals surface area contributed by atoms with Gasteiger partial charge < -0.3 is 15.4 Å². The monoisotopic (exact) mass is 436 g/mol. The molecule has 0 saturated carbocycles. The third-order valence-corrected chi connectivity index (χ3v) is 5.86. The molecule has 1 fully saturated rings. The minimum Gasteiger partial charge on any atom is -0.380 e. The molecule has 0 radical (unpaired) electrons. The zero-order chi connectivity index (χ0) is 22.5. The first kappa shape index (κ1) is 21.9. The first-order valence-electron chi connectivity index (χ1n) is 10.9. The lowest BCUT2D eigenvalue weighted by atomic mass is 9.99. The van der Waals surface area contributed by atoms with Gasteiger partial charge in [-0.25, -0.2) is 9.97 Å². The van der Waals surface area contributed by atoms with Crippen LogP contribution in [0.1, 0.15) is 31.0 Å². The molecule has 9 nitrogen and oxygen atoms in total. The van der Waals surface area contributed by atoms with Crippen LogP contribution in [0.15, 0.2) is 42.7 Å². The van der Waals surface area contributed by atoms with Crippen LogP contribution in [0.5, 0.6) is 0 Å². The molecule has 4 rings (SSSR count). The Morgan fingerprint density at radius 3 is 2.72 bits per heavy atom. The summed E-state index contributed by atoms with van der Waals surface area (Å²) < 4.78 is 5.49. The summed E-state index contributed by atoms with van der Waals surface area (Å²) in [5.41, 5.74) is 3.54. The van der Waals surface area contributed by atoms with E-state index in [0.717, 1.165) is 31.9 Å². The van der Waals surface area contributed by atoms with Crippen molar-refractivity contribution in [1.29, 1.82) is 0 Å². The Kier molecular flexibility index (Phi) is 6.77. The maximum absolute atomic E-state index is 11.6. The fraction of sp³-hybridized carbons (Fsp3) is 0.391. The third kappa shape index (κ3) is 4.63. The van der Waals surface area contributed by atoms with Crippen LogP contribution in [0.3, 0.4) is 0 Å². The van der Waals surface area contributed by atoms with E-state index in [1.165, 1.54) is 18.0 Å². The van der Waals surface area contributed by atoms with Crippen LogP contribution in [0.4, 0.5) is 17.2 Å². The molecular weight excluding hydrogens is 408 g/mol. The predicted molar refractivity (Wildman–Crippen MR) is 125 cm³/mol. The van der Waals surface area contributed by atoms with Crippen LogP contribution >= 0.6 is 0 Å². The van der Waals surface area contributed by atoms with E-state index >= 15 is 0 Å². The van der Waals surface area contributed by atoms with Crippen LogP contribution < -0.4 is 10.6 Å². The molecule has 0 bridgehead atoms. The fourth-order valence-corrected chi connectivity index (χ4v) is 4.16. The average Bonchev–Trinajstić information content (AvgIpc) is 2.82. The van der Waals surface area contributed by atoms with Gasteiger partial charge in [0.1, 0.15) is 17.8 Å². The molecule has 1 saturated heterocycles. The number of nitrogens with zero attached hydrogens (tertiary/aromatic N) is 4. The van der Waals surface area contributed by atoms with Gasteiger partial charge in [0, 0.05) is 43.7 Å². The van der Waals surface area contributed by atoms with Gasteiger partial charge in [0.05, 0.1) is 23.7 Å². The topological polar surface area (TPSA) is 105 Å². The minimum atomic E-state index is -0.381. The molecule has 1 unspecified atom stereocenters. The van der Waals surface area contributed by atoms with E-state index < -0.39 is 0 Å². The Morgan fingerprint density at radius 2 is 1.97 bits per heavy atom. The quantitative estimate of drug-likeness (QED) is 0.404. The van der Waals surface area contributed by atoms with Crippen LogP contribution in [-0.2, 0) is 11.3 Å². The lowest BCUT2D eigenvalue weighted by Crippen LogP contribution is -2.38. The van der Waals surface area contributed by atoms with Crippen LogP contribution in [0, 0.1) is 10.1 Å². The van der Waals surface area contributed by atoms with Crippen molar-refractivity contribution >= 4 is 28.1 Å². The van der Waals surface area contributed by atoms with Crippen molar-refractivity contribution in [3.63, 3.8) is 0 Å². The summed E-state index contributed by atoms with van der Waals surface area (Å²) in [5.74, 6) is 0.579. The second kappa shape index (κ2) is 9.88. The number of anilines is 2. The van der Waals surface area contributed by atoms with Gasteiger partial charge in [0.2, 0.25) is 0 Å². The van der Waals surface area contributed by atoms with E-state index in [-0.39, 0.29) is 16.7 Å². The molecule has 2 aromatic carbocycles. The summed E-state index contributed by atoms with van der Waals surface area (Å²) in [7, 11) is 0. The Morgan fingerprint density at radius 1 is 1.19 bits per heavy atom. The largest absolute Gasteiger partial charge is 0.380 e. The number of hydrogen-bond donors (Lipinski definition) is 2. The highest BCUT2D eigenvalue weighted by Crippen LogP contribution is 2.32. The highest BCUT2D eigenvalue weighted by atomic mass is 16.6. The molecule has 0 aliphatic carbocycles. The first-order chi connectivity index (χ1) is 15.6. The average molecular weight is 437 g/mol. The zero-order valence-electron chi connectivity index (χ0n) is 18.4. The van der Waals surface area contributed by atoms with E-state index in [0.29, 0.717) is 35.5 Å². The molecule has 0 amide bonds. The molecule has 1 aliphatic heterocycles. The van der Waals surface area contributed by atoms with Gasteiger partial charge in [-0.05, 0) is 31.0 Å². The molecule has 1 atom stereocenters. The van der Waals surface area contributed by atoms with E-state index in [2.05, 4.69) is 50.6 Å². The molecule has 3 aromatic rings. The Hall–Kier alpha value is -3.30. The highest BCUT2D eigenvalue weighted by molar-refractivity contribution is 5.94. The highest BCUT2D eigenvalue weighted by Gasteiger charge is 2.21. The Balaban J connectivity index is 1.61. The van der Waals surface area contributed by atoms with Crippen molar-refractivity contribution in [2.45, 2.75) is 26.4 Å². The Labute approximate surface area is 187 Å². The van der Waals surface area contributed by atoms with Gasteiger partial charge in [0.15, 0.2) is 0 Å². The molecular formula is C23H28N6O3. The van der Waals surface area contributed by atoms with E-state index in [4.69, 9.17) is 4.74 Å². The molecule has 0 spiro atoms. The summed E-state index contributed by atoms with van der Waals surface area (Å²) in [6, 6.07) is 11.9. The molecule has 32 heavy (non-hydrogen) atoms. The summed E-state index contributed by atoms with van der Waals surface area (Å²) >= 11 is 0. The van der Waals surface area contributed by atoms with Gasteiger partial charge in [-0.1, -0.05) is 24.3 Å². The number of hydrogen-bond acceptors (Lipinski definition) is 8. The normalized spacial score (nSPS) is 15.4.